The van der Waals surface area contributed by atoms with Gasteiger partial charge in [-0.25, -0.2) is 4.98 Å². The number of aryl methyl sites for hydroxylation is 1. The maximum atomic E-state index is 9.15. The van der Waals surface area contributed by atoms with Crippen molar-refractivity contribution in [3.8, 4) is 12.1 Å². The van der Waals surface area contributed by atoms with Crippen molar-refractivity contribution >= 4 is 5.82 Å². The van der Waals surface area contributed by atoms with E-state index in [0.29, 0.717) is 18.8 Å². The summed E-state index contributed by atoms with van der Waals surface area (Å²) in [7, 11) is 0. The highest BCUT2D eigenvalue weighted by atomic mass is 15.2. The van der Waals surface area contributed by atoms with E-state index in [1.807, 2.05) is 25.1 Å². The number of hydrogen-bond donors (Lipinski definition) is 1. The van der Waals surface area contributed by atoms with E-state index in [4.69, 9.17) is 10.5 Å². The van der Waals surface area contributed by atoms with Gasteiger partial charge in [-0.2, -0.15) is 10.5 Å². The Morgan fingerprint density at radius 3 is 3.05 bits per heavy atom. The molecule has 2 heterocycles. The van der Waals surface area contributed by atoms with Crippen LogP contribution in [0.3, 0.4) is 0 Å². The first-order valence-electron chi connectivity index (χ1n) is 7.87. The van der Waals surface area contributed by atoms with Gasteiger partial charge in [0, 0.05) is 31.7 Å². The number of likely N-dealkylation sites (tertiary alicyclic amines) is 1. The Morgan fingerprint density at radius 2 is 2.32 bits per heavy atom. The highest BCUT2D eigenvalue weighted by molar-refractivity contribution is 5.35. The third kappa shape index (κ3) is 5.02. The van der Waals surface area contributed by atoms with E-state index in [0.717, 1.165) is 44.1 Å². The molecule has 1 N–H and O–H groups in total. The van der Waals surface area contributed by atoms with Crippen LogP contribution in [0.2, 0.25) is 0 Å². The molecule has 22 heavy (non-hydrogen) atoms. The molecule has 1 aliphatic heterocycles. The third-order valence-electron chi connectivity index (χ3n) is 4.10. The first kappa shape index (κ1) is 16.3. The molecule has 0 saturated carbocycles. The van der Waals surface area contributed by atoms with Gasteiger partial charge in [-0.15, -0.1) is 0 Å². The number of nitrogens with one attached hydrogen (secondary N) is 1. The predicted octanol–water partition coefficient (Wildman–Crippen LogP) is 2.57. The number of anilines is 1. The Labute approximate surface area is 132 Å². The zero-order chi connectivity index (χ0) is 15.8. The summed E-state index contributed by atoms with van der Waals surface area (Å²) in [5.41, 5.74) is 1.02. The lowest BCUT2D eigenvalue weighted by Crippen LogP contribution is -2.28. The zero-order valence-electron chi connectivity index (χ0n) is 13.1. The molecule has 5 nitrogen and oxygen atoms in total. The highest BCUT2D eigenvalue weighted by Gasteiger charge is 2.24. The summed E-state index contributed by atoms with van der Waals surface area (Å²) in [6, 6.07) is 10.4. The summed E-state index contributed by atoms with van der Waals surface area (Å²) in [5.74, 6) is 1.50. The SMILES string of the molecule is Cc1cccc(NC[C@H]2CCN(C[C@@H](C#N)CCC#N)C2)n1. The maximum absolute atomic E-state index is 9.15. The molecule has 1 aliphatic rings. The molecule has 1 saturated heterocycles. The Kier molecular flexibility index (Phi) is 6.18. The first-order chi connectivity index (χ1) is 10.7. The second kappa shape index (κ2) is 8.36. The third-order valence-corrected chi connectivity index (χ3v) is 4.10. The molecule has 0 aromatic carbocycles. The molecular weight excluding hydrogens is 274 g/mol. The van der Waals surface area contributed by atoms with Crippen LogP contribution < -0.4 is 5.32 Å². The fraction of sp³-hybridized carbons (Fsp3) is 0.588. The standard InChI is InChI=1S/C17H23N5/c1-14-4-2-6-17(21-14)20-11-16-7-9-22(13-16)12-15(10-19)5-3-8-18/h2,4,6,15-16H,3,5,7,9,11-13H2,1H3,(H,20,21)/t15-,16-/m1/s1. The van der Waals surface area contributed by atoms with Gasteiger partial charge in [-0.3, -0.25) is 0 Å². The number of nitriles is 2. The monoisotopic (exact) mass is 297 g/mol. The zero-order valence-corrected chi connectivity index (χ0v) is 13.1. The smallest absolute Gasteiger partial charge is 0.126 e. The van der Waals surface area contributed by atoms with E-state index in [1.165, 1.54) is 0 Å². The normalized spacial score (nSPS) is 19.3. The van der Waals surface area contributed by atoms with E-state index in [9.17, 15) is 0 Å². The van der Waals surface area contributed by atoms with Crippen LogP contribution in [0.5, 0.6) is 0 Å². The minimum absolute atomic E-state index is 0.0233. The number of pyridine rings is 1. The fourth-order valence-electron chi connectivity index (χ4n) is 2.88. The average Bonchev–Trinajstić information content (AvgIpc) is 2.97. The maximum Gasteiger partial charge on any atom is 0.126 e. The van der Waals surface area contributed by atoms with Crippen LogP contribution >= 0.6 is 0 Å². The topological polar surface area (TPSA) is 75.7 Å². The predicted molar refractivity (Wildman–Crippen MR) is 86.0 cm³/mol. The minimum Gasteiger partial charge on any atom is -0.370 e. The van der Waals surface area contributed by atoms with Gasteiger partial charge < -0.3 is 10.2 Å². The number of nitrogens with zero attached hydrogens (tertiary/aromatic N) is 4. The molecule has 0 spiro atoms. The molecule has 1 aromatic rings. The van der Waals surface area contributed by atoms with Crippen LogP contribution in [0.15, 0.2) is 18.2 Å². The van der Waals surface area contributed by atoms with Crippen LogP contribution in [0.4, 0.5) is 5.82 Å². The van der Waals surface area contributed by atoms with Gasteiger partial charge in [0.25, 0.3) is 0 Å². The minimum atomic E-state index is -0.0233. The van der Waals surface area contributed by atoms with Crippen molar-refractivity contribution in [2.24, 2.45) is 11.8 Å². The van der Waals surface area contributed by atoms with Gasteiger partial charge >= 0.3 is 0 Å². The van der Waals surface area contributed by atoms with Gasteiger partial charge in [-0.1, -0.05) is 6.07 Å². The summed E-state index contributed by atoms with van der Waals surface area (Å²) in [5, 5.41) is 21.2. The van der Waals surface area contributed by atoms with Crippen LogP contribution in [-0.2, 0) is 0 Å². The molecule has 0 unspecified atom stereocenters. The fourth-order valence-corrected chi connectivity index (χ4v) is 2.88. The molecule has 2 atom stereocenters. The van der Waals surface area contributed by atoms with E-state index in [-0.39, 0.29) is 5.92 Å². The Morgan fingerprint density at radius 1 is 1.45 bits per heavy atom. The van der Waals surface area contributed by atoms with E-state index in [1.54, 1.807) is 0 Å². The largest absolute Gasteiger partial charge is 0.370 e. The first-order valence-corrected chi connectivity index (χ1v) is 7.87. The summed E-state index contributed by atoms with van der Waals surface area (Å²) < 4.78 is 0. The molecule has 5 heteroatoms. The van der Waals surface area contributed by atoms with E-state index < -0.39 is 0 Å². The Hall–Kier alpha value is -2.11. The van der Waals surface area contributed by atoms with E-state index in [2.05, 4.69) is 27.3 Å². The van der Waals surface area contributed by atoms with Crippen LogP contribution in [0.1, 0.15) is 25.0 Å². The molecule has 1 fully saturated rings. The van der Waals surface area contributed by atoms with Crippen molar-refractivity contribution in [1.82, 2.24) is 9.88 Å². The van der Waals surface area contributed by atoms with Gasteiger partial charge in [0.15, 0.2) is 0 Å². The van der Waals surface area contributed by atoms with Gasteiger partial charge in [0.05, 0.1) is 18.1 Å². The van der Waals surface area contributed by atoms with Crippen LogP contribution in [-0.4, -0.2) is 36.1 Å². The molecular formula is C17H23N5. The van der Waals surface area contributed by atoms with Crippen LogP contribution in [0, 0.1) is 41.4 Å². The quantitative estimate of drug-likeness (QED) is 0.837. The molecule has 1 aromatic heterocycles. The Bertz CT molecular complexity index is 557. The molecule has 0 radical (unpaired) electrons. The van der Waals surface area contributed by atoms with Crippen molar-refractivity contribution in [2.75, 3.05) is 31.5 Å². The molecule has 2 rings (SSSR count). The number of aromatic nitrogens is 1. The van der Waals surface area contributed by atoms with E-state index >= 15 is 0 Å². The van der Waals surface area contributed by atoms with Crippen molar-refractivity contribution in [3.05, 3.63) is 23.9 Å². The number of hydrogen-bond acceptors (Lipinski definition) is 5. The molecule has 116 valence electrons. The van der Waals surface area contributed by atoms with Gasteiger partial charge in [-0.05, 0) is 44.4 Å². The number of rotatable bonds is 7. The van der Waals surface area contributed by atoms with Gasteiger partial charge in [0.2, 0.25) is 0 Å². The molecule has 0 bridgehead atoms. The average molecular weight is 297 g/mol. The van der Waals surface area contributed by atoms with Gasteiger partial charge in [0.1, 0.15) is 5.82 Å². The summed E-state index contributed by atoms with van der Waals surface area (Å²) >= 11 is 0. The second-order valence-corrected chi connectivity index (χ2v) is 5.98. The Balaban J connectivity index is 1.73. The van der Waals surface area contributed by atoms with Crippen molar-refractivity contribution < 1.29 is 0 Å². The summed E-state index contributed by atoms with van der Waals surface area (Å²) in [6.07, 6.45) is 2.30. The highest BCUT2D eigenvalue weighted by Crippen LogP contribution is 2.19. The lowest BCUT2D eigenvalue weighted by Gasteiger charge is -2.19. The van der Waals surface area contributed by atoms with Crippen molar-refractivity contribution in [3.63, 3.8) is 0 Å². The molecule has 0 aliphatic carbocycles. The summed E-state index contributed by atoms with van der Waals surface area (Å²) in [6.45, 7) is 5.76. The van der Waals surface area contributed by atoms with Crippen LogP contribution in [0.25, 0.3) is 0 Å². The summed E-state index contributed by atoms with van der Waals surface area (Å²) in [4.78, 5) is 6.80. The lowest BCUT2D eigenvalue weighted by atomic mass is 10.1. The molecule has 0 amide bonds. The second-order valence-electron chi connectivity index (χ2n) is 5.98. The lowest BCUT2D eigenvalue weighted by molar-refractivity contribution is 0.290. The van der Waals surface area contributed by atoms with Crippen molar-refractivity contribution in [2.45, 2.75) is 26.2 Å². The van der Waals surface area contributed by atoms with Crippen molar-refractivity contribution in [1.29, 1.82) is 10.5 Å².